The third kappa shape index (κ3) is 6.88. The fourth-order valence-corrected chi connectivity index (χ4v) is 2.38. The Labute approximate surface area is 142 Å². The molecular weight excluding hydrogens is 318 g/mol. The van der Waals surface area contributed by atoms with Crippen LogP contribution in [-0.2, 0) is 9.59 Å². The molecule has 1 heterocycles. The van der Waals surface area contributed by atoms with Gasteiger partial charge < -0.3 is 20.7 Å². The summed E-state index contributed by atoms with van der Waals surface area (Å²) in [5.74, 6) is 1.06. The van der Waals surface area contributed by atoms with E-state index in [1.807, 2.05) is 0 Å². The summed E-state index contributed by atoms with van der Waals surface area (Å²) in [7, 11) is 1.56. The van der Waals surface area contributed by atoms with Crippen molar-refractivity contribution < 1.29 is 14.3 Å². The zero-order valence-corrected chi connectivity index (χ0v) is 14.1. The number of hydrogen-bond donors (Lipinski definition) is 3. The van der Waals surface area contributed by atoms with Crippen molar-refractivity contribution in [3.05, 3.63) is 24.3 Å². The molecule has 23 heavy (non-hydrogen) atoms. The van der Waals surface area contributed by atoms with Crippen LogP contribution in [0.25, 0.3) is 0 Å². The lowest BCUT2D eigenvalue weighted by Gasteiger charge is -2.09. The first-order valence-electron chi connectivity index (χ1n) is 7.61. The van der Waals surface area contributed by atoms with E-state index < -0.39 is 0 Å². The molecule has 2 amide bonds. The molecule has 0 radical (unpaired) electrons. The second-order valence-corrected chi connectivity index (χ2v) is 5.43. The Hall–Kier alpha value is -1.79. The highest BCUT2D eigenvalue weighted by Crippen LogP contribution is 2.17. The van der Waals surface area contributed by atoms with Gasteiger partial charge in [0.25, 0.3) is 5.91 Å². The number of hydrogen-bond acceptors (Lipinski definition) is 4. The Kier molecular flexibility index (Phi) is 8.43. The van der Waals surface area contributed by atoms with Crippen molar-refractivity contribution in [3.63, 3.8) is 0 Å². The average Bonchev–Trinajstić information content (AvgIpc) is 3.05. The van der Waals surface area contributed by atoms with Gasteiger partial charge in [-0.15, -0.1) is 12.4 Å². The van der Waals surface area contributed by atoms with Gasteiger partial charge in [0.2, 0.25) is 5.91 Å². The highest BCUT2D eigenvalue weighted by atomic mass is 35.5. The Balaban J connectivity index is 0.00000264. The van der Waals surface area contributed by atoms with E-state index in [9.17, 15) is 9.59 Å². The predicted octanol–water partition coefficient (Wildman–Crippen LogP) is 1.56. The zero-order chi connectivity index (χ0) is 15.8. The Morgan fingerprint density at radius 2 is 2.00 bits per heavy atom. The average molecular weight is 342 g/mol. The van der Waals surface area contributed by atoms with Crippen LogP contribution in [0.1, 0.15) is 19.3 Å². The van der Waals surface area contributed by atoms with Crippen LogP contribution < -0.4 is 20.7 Å². The number of amides is 2. The molecule has 0 aromatic heterocycles. The summed E-state index contributed by atoms with van der Waals surface area (Å²) >= 11 is 0. The summed E-state index contributed by atoms with van der Waals surface area (Å²) in [4.78, 5) is 23.0. The predicted molar refractivity (Wildman–Crippen MR) is 92.1 cm³/mol. The number of carbonyl (C=O) groups excluding carboxylic acids is 2. The van der Waals surface area contributed by atoms with E-state index in [0.717, 1.165) is 31.6 Å². The number of ether oxygens (including phenoxy) is 1. The van der Waals surface area contributed by atoms with Crippen LogP contribution >= 0.6 is 12.4 Å². The number of carbonyl (C=O) groups is 2. The maximum Gasteiger partial charge on any atom is 0.257 e. The van der Waals surface area contributed by atoms with Crippen LogP contribution in [0.15, 0.2) is 24.3 Å². The van der Waals surface area contributed by atoms with Gasteiger partial charge in [0, 0.05) is 19.2 Å². The molecule has 7 heteroatoms. The summed E-state index contributed by atoms with van der Waals surface area (Å²) in [5.41, 5.74) is 0.738. The van der Waals surface area contributed by atoms with E-state index in [0.29, 0.717) is 18.1 Å². The van der Waals surface area contributed by atoms with Gasteiger partial charge in [0.15, 0.2) is 6.61 Å². The van der Waals surface area contributed by atoms with Crippen LogP contribution in [0.3, 0.4) is 0 Å². The SMILES string of the molecule is CNC(=O)COc1ccc(NC(=O)CCC2CCNC2)cc1.Cl. The van der Waals surface area contributed by atoms with Crippen LogP contribution in [0.4, 0.5) is 5.69 Å². The lowest BCUT2D eigenvalue weighted by atomic mass is 10.0. The molecule has 1 aromatic rings. The standard InChI is InChI=1S/C16H23N3O3.ClH/c1-17-16(21)11-22-14-5-3-13(4-6-14)19-15(20)7-2-12-8-9-18-10-12;/h3-6,12,18H,2,7-11H2,1H3,(H,17,21)(H,19,20);1H. The van der Waals surface area contributed by atoms with E-state index >= 15 is 0 Å². The molecule has 1 aromatic carbocycles. The van der Waals surface area contributed by atoms with E-state index in [1.54, 1.807) is 31.3 Å². The highest BCUT2D eigenvalue weighted by Gasteiger charge is 2.15. The van der Waals surface area contributed by atoms with E-state index in [1.165, 1.54) is 0 Å². The largest absolute Gasteiger partial charge is 0.484 e. The van der Waals surface area contributed by atoms with E-state index in [4.69, 9.17) is 4.74 Å². The van der Waals surface area contributed by atoms with Gasteiger partial charge in [-0.05, 0) is 56.1 Å². The molecule has 1 aliphatic heterocycles. The maximum atomic E-state index is 11.9. The molecule has 1 saturated heterocycles. The fourth-order valence-electron chi connectivity index (χ4n) is 2.38. The molecule has 2 rings (SSSR count). The van der Waals surface area contributed by atoms with Crippen molar-refractivity contribution in [2.45, 2.75) is 19.3 Å². The number of benzene rings is 1. The molecule has 0 spiro atoms. The normalized spacial score (nSPS) is 16.3. The first-order chi connectivity index (χ1) is 10.7. The molecule has 128 valence electrons. The summed E-state index contributed by atoms with van der Waals surface area (Å²) in [5, 5.41) is 8.66. The number of rotatable bonds is 7. The van der Waals surface area contributed by atoms with Gasteiger partial charge in [0.05, 0.1) is 0 Å². The molecule has 0 aliphatic carbocycles. The maximum absolute atomic E-state index is 11.9. The van der Waals surface area contributed by atoms with Crippen molar-refractivity contribution >= 4 is 29.9 Å². The smallest absolute Gasteiger partial charge is 0.257 e. The molecule has 0 saturated carbocycles. The monoisotopic (exact) mass is 341 g/mol. The molecule has 1 aliphatic rings. The van der Waals surface area contributed by atoms with Crippen molar-refractivity contribution in [2.75, 3.05) is 32.1 Å². The van der Waals surface area contributed by atoms with Crippen LogP contribution in [-0.4, -0.2) is 38.6 Å². The van der Waals surface area contributed by atoms with Gasteiger partial charge in [-0.3, -0.25) is 9.59 Å². The minimum atomic E-state index is -0.182. The second kappa shape index (κ2) is 10.1. The topological polar surface area (TPSA) is 79.5 Å². The molecule has 1 unspecified atom stereocenters. The highest BCUT2D eigenvalue weighted by molar-refractivity contribution is 5.90. The quantitative estimate of drug-likeness (QED) is 0.703. The molecular formula is C16H24ClN3O3. The lowest BCUT2D eigenvalue weighted by molar-refractivity contribution is -0.122. The Bertz CT molecular complexity index is 502. The van der Waals surface area contributed by atoms with Crippen LogP contribution in [0, 0.1) is 5.92 Å². The third-order valence-corrected chi connectivity index (χ3v) is 3.73. The van der Waals surface area contributed by atoms with Gasteiger partial charge in [-0.1, -0.05) is 0 Å². The Morgan fingerprint density at radius 3 is 2.61 bits per heavy atom. The molecule has 3 N–H and O–H groups in total. The Morgan fingerprint density at radius 1 is 1.26 bits per heavy atom. The fraction of sp³-hybridized carbons (Fsp3) is 0.500. The van der Waals surface area contributed by atoms with Crippen molar-refractivity contribution in [3.8, 4) is 5.75 Å². The summed E-state index contributed by atoms with van der Waals surface area (Å²) in [6.07, 6.45) is 2.62. The first-order valence-corrected chi connectivity index (χ1v) is 7.61. The van der Waals surface area contributed by atoms with Crippen LogP contribution in [0.5, 0.6) is 5.75 Å². The minimum Gasteiger partial charge on any atom is -0.484 e. The number of nitrogens with one attached hydrogen (secondary N) is 3. The summed E-state index contributed by atoms with van der Waals surface area (Å²) in [6, 6.07) is 7.02. The van der Waals surface area contributed by atoms with Gasteiger partial charge in [-0.2, -0.15) is 0 Å². The van der Waals surface area contributed by atoms with Gasteiger partial charge in [-0.25, -0.2) is 0 Å². The van der Waals surface area contributed by atoms with Gasteiger partial charge in [0.1, 0.15) is 5.75 Å². The summed E-state index contributed by atoms with van der Waals surface area (Å²) in [6.45, 7) is 2.06. The molecule has 1 fully saturated rings. The van der Waals surface area contributed by atoms with E-state index in [-0.39, 0.29) is 30.8 Å². The molecule has 1 atom stereocenters. The van der Waals surface area contributed by atoms with Crippen molar-refractivity contribution in [1.29, 1.82) is 0 Å². The number of likely N-dealkylation sites (N-methyl/N-ethyl adjacent to an activating group) is 1. The zero-order valence-electron chi connectivity index (χ0n) is 13.3. The number of anilines is 1. The number of halogens is 1. The summed E-state index contributed by atoms with van der Waals surface area (Å²) < 4.78 is 5.30. The second-order valence-electron chi connectivity index (χ2n) is 5.43. The molecule has 6 nitrogen and oxygen atoms in total. The lowest BCUT2D eigenvalue weighted by Crippen LogP contribution is -2.24. The molecule has 0 bridgehead atoms. The minimum absolute atomic E-state index is 0. The van der Waals surface area contributed by atoms with E-state index in [2.05, 4.69) is 16.0 Å². The van der Waals surface area contributed by atoms with Crippen LogP contribution in [0.2, 0.25) is 0 Å². The van der Waals surface area contributed by atoms with Crippen molar-refractivity contribution in [2.24, 2.45) is 5.92 Å². The van der Waals surface area contributed by atoms with Gasteiger partial charge >= 0.3 is 0 Å². The first kappa shape index (κ1) is 19.3. The third-order valence-electron chi connectivity index (χ3n) is 3.73. The van der Waals surface area contributed by atoms with Crippen molar-refractivity contribution in [1.82, 2.24) is 10.6 Å².